The second-order valence-corrected chi connectivity index (χ2v) is 2.43. The van der Waals surface area contributed by atoms with Crippen molar-refractivity contribution in [3.63, 3.8) is 0 Å². The van der Waals surface area contributed by atoms with Crippen LogP contribution in [0, 0.1) is 19.9 Å². The van der Waals surface area contributed by atoms with Crippen molar-refractivity contribution in [3.8, 4) is 0 Å². The van der Waals surface area contributed by atoms with E-state index in [1.165, 1.54) is 11.1 Å². The first-order chi connectivity index (χ1) is 5.52. The third-order valence-corrected chi connectivity index (χ3v) is 1.08. The van der Waals surface area contributed by atoms with Gasteiger partial charge in [0.2, 0.25) is 0 Å². The Bertz CT molecular complexity index is 210. The SMILES string of the molecule is Cc1c[c-]cc(C)c1.OB(O)O.[K+]. The number of hydrogen-bond acceptors (Lipinski definition) is 3. The van der Waals surface area contributed by atoms with Crippen LogP contribution in [0.15, 0.2) is 18.2 Å². The van der Waals surface area contributed by atoms with Gasteiger partial charge in [0, 0.05) is 0 Å². The molecule has 66 valence electrons. The number of hydrogen-bond donors (Lipinski definition) is 3. The molecule has 3 nitrogen and oxygen atoms in total. The van der Waals surface area contributed by atoms with E-state index in [2.05, 4.69) is 26.0 Å². The predicted molar refractivity (Wildman–Crippen MR) is 47.2 cm³/mol. The first-order valence-electron chi connectivity index (χ1n) is 3.51. The van der Waals surface area contributed by atoms with E-state index in [9.17, 15) is 0 Å². The molecule has 0 bridgehead atoms. The van der Waals surface area contributed by atoms with Crippen LogP contribution in [0.3, 0.4) is 0 Å². The van der Waals surface area contributed by atoms with Crippen LogP contribution in [0.1, 0.15) is 11.1 Å². The van der Waals surface area contributed by atoms with E-state index >= 15 is 0 Å². The van der Waals surface area contributed by atoms with Gasteiger partial charge in [-0.1, -0.05) is 13.8 Å². The molecule has 0 saturated carbocycles. The molecule has 0 atom stereocenters. The minimum absolute atomic E-state index is 0. The van der Waals surface area contributed by atoms with Crippen molar-refractivity contribution in [2.45, 2.75) is 13.8 Å². The van der Waals surface area contributed by atoms with Gasteiger partial charge in [-0.3, -0.25) is 0 Å². The van der Waals surface area contributed by atoms with Crippen LogP contribution in [-0.4, -0.2) is 22.4 Å². The summed E-state index contributed by atoms with van der Waals surface area (Å²) in [6.45, 7) is 4.15. The number of benzene rings is 1. The van der Waals surface area contributed by atoms with E-state index in [1.807, 2.05) is 12.1 Å². The zero-order chi connectivity index (χ0) is 9.56. The number of aryl methyl sites for hydroxylation is 2. The van der Waals surface area contributed by atoms with Gasteiger partial charge in [0.1, 0.15) is 0 Å². The zero-order valence-corrected chi connectivity index (χ0v) is 11.3. The third-order valence-electron chi connectivity index (χ3n) is 1.08. The average Bonchev–Trinajstić information content (AvgIpc) is 1.84. The Morgan fingerprint density at radius 1 is 1.08 bits per heavy atom. The average molecular weight is 206 g/mol. The number of rotatable bonds is 0. The van der Waals surface area contributed by atoms with Crippen LogP contribution in [0.25, 0.3) is 0 Å². The molecule has 0 aliphatic rings. The van der Waals surface area contributed by atoms with Crippen molar-refractivity contribution in [1.82, 2.24) is 0 Å². The standard InChI is InChI=1S/C8H9.BH3O3.K/c1-7-4-3-5-8(2)6-7;2-1(3)4;/h4-6H,1-2H3;2-4H;/q-1;;+1. The molecular formula is C8H12BKO3. The molecule has 3 N–H and O–H groups in total. The normalized spacial score (nSPS) is 7.77. The largest absolute Gasteiger partial charge is 1.00 e. The summed E-state index contributed by atoms with van der Waals surface area (Å²) in [4.78, 5) is 0. The van der Waals surface area contributed by atoms with Crippen LogP contribution in [0.2, 0.25) is 0 Å². The fourth-order valence-corrected chi connectivity index (χ4v) is 0.747. The summed E-state index contributed by atoms with van der Waals surface area (Å²) in [6, 6.07) is 9.12. The summed E-state index contributed by atoms with van der Waals surface area (Å²) >= 11 is 0. The van der Waals surface area contributed by atoms with Crippen molar-refractivity contribution >= 4 is 7.32 Å². The molecule has 0 saturated heterocycles. The van der Waals surface area contributed by atoms with Gasteiger partial charge in [-0.15, -0.1) is 0 Å². The summed E-state index contributed by atoms with van der Waals surface area (Å²) in [6.07, 6.45) is 0. The smallest absolute Gasteiger partial charge is 0.402 e. The molecule has 13 heavy (non-hydrogen) atoms. The Labute approximate surface area is 121 Å². The Hall–Kier alpha value is 0.801. The predicted octanol–water partition coefficient (Wildman–Crippen LogP) is -2.94. The van der Waals surface area contributed by atoms with Gasteiger partial charge < -0.3 is 15.1 Å². The van der Waals surface area contributed by atoms with Crippen molar-refractivity contribution < 1.29 is 66.5 Å². The Morgan fingerprint density at radius 3 is 1.54 bits per heavy atom. The molecule has 0 aliphatic heterocycles. The topological polar surface area (TPSA) is 60.7 Å². The first kappa shape index (κ1) is 16.2. The van der Waals surface area contributed by atoms with Gasteiger partial charge in [0.25, 0.3) is 0 Å². The van der Waals surface area contributed by atoms with Gasteiger partial charge in [-0.25, -0.2) is 0 Å². The van der Waals surface area contributed by atoms with Crippen LogP contribution in [-0.2, 0) is 0 Å². The van der Waals surface area contributed by atoms with Crippen LogP contribution >= 0.6 is 0 Å². The maximum atomic E-state index is 7.17. The second kappa shape index (κ2) is 9.36. The minimum Gasteiger partial charge on any atom is -0.402 e. The third kappa shape index (κ3) is 12.8. The molecule has 0 spiro atoms. The van der Waals surface area contributed by atoms with Gasteiger partial charge in [0.05, 0.1) is 0 Å². The van der Waals surface area contributed by atoms with Gasteiger partial charge in [0.15, 0.2) is 0 Å². The van der Waals surface area contributed by atoms with Crippen molar-refractivity contribution in [2.75, 3.05) is 0 Å². The maximum absolute atomic E-state index is 7.17. The van der Waals surface area contributed by atoms with E-state index < -0.39 is 7.32 Å². The molecule has 1 aromatic rings. The molecule has 5 heteroatoms. The Balaban J connectivity index is 0. The molecule has 0 heterocycles. The van der Waals surface area contributed by atoms with Crippen molar-refractivity contribution in [3.05, 3.63) is 35.4 Å². The fraction of sp³-hybridized carbons (Fsp3) is 0.250. The van der Waals surface area contributed by atoms with E-state index in [1.54, 1.807) is 0 Å². The summed E-state index contributed by atoms with van der Waals surface area (Å²) in [5, 5.41) is 21.5. The molecule has 0 unspecified atom stereocenters. The van der Waals surface area contributed by atoms with Gasteiger partial charge in [-0.05, 0) is 0 Å². The fourth-order valence-electron chi connectivity index (χ4n) is 0.747. The van der Waals surface area contributed by atoms with Crippen LogP contribution in [0.4, 0.5) is 0 Å². The van der Waals surface area contributed by atoms with E-state index in [-0.39, 0.29) is 51.4 Å². The monoisotopic (exact) mass is 206 g/mol. The second-order valence-electron chi connectivity index (χ2n) is 2.43. The van der Waals surface area contributed by atoms with Crippen LogP contribution < -0.4 is 51.4 Å². The Morgan fingerprint density at radius 2 is 1.38 bits per heavy atom. The first-order valence-corrected chi connectivity index (χ1v) is 3.51. The quantitative estimate of drug-likeness (QED) is 0.314. The van der Waals surface area contributed by atoms with Gasteiger partial charge >= 0.3 is 58.7 Å². The van der Waals surface area contributed by atoms with Crippen molar-refractivity contribution in [1.29, 1.82) is 0 Å². The molecule has 1 aromatic carbocycles. The maximum Gasteiger partial charge on any atom is 1.00 e. The summed E-state index contributed by atoms with van der Waals surface area (Å²) in [7, 11) is -2.17. The van der Waals surface area contributed by atoms with E-state index in [0.717, 1.165) is 0 Å². The summed E-state index contributed by atoms with van der Waals surface area (Å²) in [5.74, 6) is 0. The molecule has 0 amide bonds. The molecule has 0 aromatic heterocycles. The molecule has 0 aliphatic carbocycles. The van der Waals surface area contributed by atoms with E-state index in [0.29, 0.717) is 0 Å². The molecular weight excluding hydrogens is 194 g/mol. The summed E-state index contributed by atoms with van der Waals surface area (Å²) in [5.41, 5.74) is 2.56. The molecule has 0 radical (unpaired) electrons. The minimum atomic E-state index is -2.17. The van der Waals surface area contributed by atoms with Gasteiger partial charge in [-0.2, -0.15) is 35.4 Å². The summed E-state index contributed by atoms with van der Waals surface area (Å²) < 4.78 is 0. The van der Waals surface area contributed by atoms with Crippen molar-refractivity contribution in [2.24, 2.45) is 0 Å². The Kier molecular flexibility index (Phi) is 11.7. The van der Waals surface area contributed by atoms with Crippen LogP contribution in [0.5, 0.6) is 0 Å². The molecule has 1 rings (SSSR count). The zero-order valence-electron chi connectivity index (χ0n) is 8.15. The molecule has 0 fully saturated rings. The van der Waals surface area contributed by atoms with E-state index in [4.69, 9.17) is 15.1 Å².